The van der Waals surface area contributed by atoms with Crippen LogP contribution in [-0.2, 0) is 9.53 Å². The molecular weight excluding hydrogens is 349 g/mol. The van der Waals surface area contributed by atoms with Crippen molar-refractivity contribution < 1.29 is 9.53 Å². The maximum Gasteiger partial charge on any atom is 0.241 e. The fourth-order valence-corrected chi connectivity index (χ4v) is 3.98. The van der Waals surface area contributed by atoms with Crippen molar-refractivity contribution in [2.24, 2.45) is 11.1 Å². The third kappa shape index (κ3) is 3.85. The second-order valence-electron chi connectivity index (χ2n) is 7.86. The Morgan fingerprint density at radius 3 is 2.25 bits per heavy atom. The summed E-state index contributed by atoms with van der Waals surface area (Å²) in [4.78, 5) is 15.3. The number of carbonyl (C=O) groups excluding carboxylic acids is 1. The van der Waals surface area contributed by atoms with Gasteiger partial charge in [-0.15, -0.1) is 24.8 Å². The maximum absolute atomic E-state index is 12.7. The molecule has 0 spiro atoms. The molecule has 5 nitrogen and oxygen atoms in total. The SMILES string of the molecule is CCOC1CC(N)(C(=O)NC2CCN(C3CC3)CC2)C1(C)C.Cl.Cl. The molecule has 0 radical (unpaired) electrons. The molecule has 3 rings (SSSR count). The van der Waals surface area contributed by atoms with Crippen LogP contribution in [0.25, 0.3) is 0 Å². The highest BCUT2D eigenvalue weighted by Gasteiger charge is 2.63. The van der Waals surface area contributed by atoms with Gasteiger partial charge < -0.3 is 20.7 Å². The summed E-state index contributed by atoms with van der Waals surface area (Å²) in [5.41, 5.74) is 5.35. The molecule has 3 fully saturated rings. The summed E-state index contributed by atoms with van der Waals surface area (Å²) < 4.78 is 5.71. The predicted molar refractivity (Wildman–Crippen MR) is 101 cm³/mol. The number of ether oxygens (including phenoxy) is 1. The van der Waals surface area contributed by atoms with Crippen molar-refractivity contribution in [2.75, 3.05) is 19.7 Å². The van der Waals surface area contributed by atoms with Gasteiger partial charge in [0.05, 0.1) is 6.10 Å². The number of halogens is 2. The summed E-state index contributed by atoms with van der Waals surface area (Å²) >= 11 is 0. The van der Waals surface area contributed by atoms with E-state index < -0.39 is 5.54 Å². The molecule has 3 aliphatic rings. The fourth-order valence-electron chi connectivity index (χ4n) is 3.98. The lowest BCUT2D eigenvalue weighted by molar-refractivity contribution is -0.171. The molecule has 0 aromatic heterocycles. The maximum atomic E-state index is 12.7. The molecule has 3 N–H and O–H groups in total. The van der Waals surface area contributed by atoms with Gasteiger partial charge in [-0.1, -0.05) is 13.8 Å². The van der Waals surface area contributed by atoms with E-state index in [1.165, 1.54) is 12.8 Å². The van der Waals surface area contributed by atoms with Gasteiger partial charge in [0.1, 0.15) is 5.54 Å². The molecule has 1 heterocycles. The highest BCUT2D eigenvalue weighted by atomic mass is 35.5. The van der Waals surface area contributed by atoms with Gasteiger partial charge in [-0.3, -0.25) is 4.79 Å². The van der Waals surface area contributed by atoms with E-state index in [4.69, 9.17) is 10.5 Å². The second-order valence-corrected chi connectivity index (χ2v) is 7.86. The van der Waals surface area contributed by atoms with Crippen LogP contribution in [-0.4, -0.2) is 54.2 Å². The molecule has 2 aliphatic carbocycles. The Balaban J connectivity index is 0.00000144. The molecule has 1 aliphatic heterocycles. The minimum Gasteiger partial charge on any atom is -0.378 e. The van der Waals surface area contributed by atoms with Gasteiger partial charge in [0.2, 0.25) is 5.91 Å². The molecule has 2 atom stereocenters. The standard InChI is InChI=1S/C17H31N3O2.2ClH/c1-4-22-14-11-17(18,16(14,2)3)15(21)19-12-7-9-20(10-8-12)13-5-6-13;;/h12-14H,4-11,18H2,1-3H3,(H,19,21);2*1H. The topological polar surface area (TPSA) is 67.6 Å². The molecule has 0 aromatic carbocycles. The first-order valence-corrected chi connectivity index (χ1v) is 8.84. The minimum absolute atomic E-state index is 0. The molecule has 1 amide bonds. The van der Waals surface area contributed by atoms with Crippen molar-refractivity contribution in [3.63, 3.8) is 0 Å². The number of piperidine rings is 1. The number of rotatable bonds is 5. The van der Waals surface area contributed by atoms with Crippen LogP contribution in [0.4, 0.5) is 0 Å². The van der Waals surface area contributed by atoms with E-state index in [0.717, 1.165) is 32.0 Å². The Labute approximate surface area is 158 Å². The fraction of sp³-hybridized carbons (Fsp3) is 0.941. The lowest BCUT2D eigenvalue weighted by Crippen LogP contribution is -2.76. The number of nitrogens with two attached hydrogens (primary N) is 1. The third-order valence-electron chi connectivity index (χ3n) is 6.16. The number of amides is 1. The lowest BCUT2D eigenvalue weighted by atomic mass is 9.54. The summed E-state index contributed by atoms with van der Waals surface area (Å²) in [6.45, 7) is 8.97. The van der Waals surface area contributed by atoms with Gasteiger partial charge >= 0.3 is 0 Å². The molecule has 24 heavy (non-hydrogen) atoms. The van der Waals surface area contributed by atoms with Gasteiger partial charge in [0.25, 0.3) is 0 Å². The first-order chi connectivity index (χ1) is 10.4. The Kier molecular flexibility index (Phi) is 7.40. The van der Waals surface area contributed by atoms with Crippen LogP contribution in [0.15, 0.2) is 0 Å². The Morgan fingerprint density at radius 1 is 1.21 bits per heavy atom. The highest BCUT2D eigenvalue weighted by Crippen LogP contribution is 2.50. The van der Waals surface area contributed by atoms with Crippen molar-refractivity contribution >= 4 is 30.7 Å². The number of likely N-dealkylation sites (tertiary alicyclic amines) is 1. The van der Waals surface area contributed by atoms with Crippen LogP contribution in [0.3, 0.4) is 0 Å². The highest BCUT2D eigenvalue weighted by molar-refractivity contribution is 5.89. The van der Waals surface area contributed by atoms with E-state index in [0.29, 0.717) is 13.0 Å². The number of hydrogen-bond donors (Lipinski definition) is 2. The number of nitrogens with one attached hydrogen (secondary N) is 1. The van der Waals surface area contributed by atoms with Crippen molar-refractivity contribution in [1.82, 2.24) is 10.2 Å². The zero-order valence-corrected chi connectivity index (χ0v) is 16.7. The Morgan fingerprint density at radius 2 is 1.79 bits per heavy atom. The largest absolute Gasteiger partial charge is 0.378 e. The second kappa shape index (κ2) is 8.09. The number of carbonyl (C=O) groups is 1. The third-order valence-corrected chi connectivity index (χ3v) is 6.16. The van der Waals surface area contributed by atoms with Crippen molar-refractivity contribution in [3.8, 4) is 0 Å². The van der Waals surface area contributed by atoms with Crippen molar-refractivity contribution in [1.29, 1.82) is 0 Å². The average Bonchev–Trinajstić information content (AvgIpc) is 3.32. The molecule has 0 aromatic rings. The quantitative estimate of drug-likeness (QED) is 0.764. The number of hydrogen-bond acceptors (Lipinski definition) is 4. The van der Waals surface area contributed by atoms with E-state index in [1.807, 2.05) is 20.8 Å². The molecule has 7 heteroatoms. The summed E-state index contributed by atoms with van der Waals surface area (Å²) in [7, 11) is 0. The average molecular weight is 382 g/mol. The van der Waals surface area contributed by atoms with Gasteiger partial charge in [-0.25, -0.2) is 0 Å². The monoisotopic (exact) mass is 381 g/mol. The van der Waals surface area contributed by atoms with Crippen LogP contribution >= 0.6 is 24.8 Å². The van der Waals surface area contributed by atoms with E-state index in [9.17, 15) is 4.79 Å². The predicted octanol–water partition coefficient (Wildman–Crippen LogP) is 2.11. The van der Waals surface area contributed by atoms with Crippen molar-refractivity contribution in [3.05, 3.63) is 0 Å². The van der Waals surface area contributed by atoms with Gasteiger partial charge in [0.15, 0.2) is 0 Å². The normalized spacial score (nSPS) is 32.9. The van der Waals surface area contributed by atoms with E-state index in [2.05, 4.69) is 10.2 Å². The summed E-state index contributed by atoms with van der Waals surface area (Å²) in [6, 6.07) is 1.11. The van der Waals surface area contributed by atoms with Crippen LogP contribution in [0, 0.1) is 5.41 Å². The summed E-state index contributed by atoms with van der Waals surface area (Å²) in [5.74, 6) is 0.0123. The molecular formula is C17H33Cl2N3O2. The minimum atomic E-state index is -0.791. The Bertz CT molecular complexity index is 438. The molecule has 2 saturated carbocycles. The van der Waals surface area contributed by atoms with E-state index in [1.54, 1.807) is 0 Å². The van der Waals surface area contributed by atoms with E-state index in [-0.39, 0.29) is 48.3 Å². The van der Waals surface area contributed by atoms with Gasteiger partial charge in [-0.2, -0.15) is 0 Å². The summed E-state index contributed by atoms with van der Waals surface area (Å²) in [5, 5.41) is 3.21. The molecule has 0 bridgehead atoms. The zero-order valence-electron chi connectivity index (χ0n) is 15.0. The first kappa shape index (κ1) is 22.0. The van der Waals surface area contributed by atoms with Gasteiger partial charge in [0, 0.05) is 43.6 Å². The van der Waals surface area contributed by atoms with E-state index >= 15 is 0 Å². The van der Waals surface area contributed by atoms with Crippen molar-refractivity contribution in [2.45, 2.75) is 76.6 Å². The van der Waals surface area contributed by atoms with Crippen LogP contribution < -0.4 is 11.1 Å². The number of nitrogens with zero attached hydrogens (tertiary/aromatic N) is 1. The van der Waals surface area contributed by atoms with Crippen LogP contribution in [0.5, 0.6) is 0 Å². The summed E-state index contributed by atoms with van der Waals surface area (Å²) in [6.07, 6.45) is 5.53. The molecule has 1 saturated heterocycles. The van der Waals surface area contributed by atoms with Crippen LogP contribution in [0.2, 0.25) is 0 Å². The Hall–Kier alpha value is -0.0700. The van der Waals surface area contributed by atoms with Crippen LogP contribution in [0.1, 0.15) is 52.9 Å². The molecule has 2 unspecified atom stereocenters. The zero-order chi connectivity index (χ0) is 16.0. The lowest BCUT2D eigenvalue weighted by Gasteiger charge is -2.57. The first-order valence-electron chi connectivity index (χ1n) is 8.84. The van der Waals surface area contributed by atoms with Gasteiger partial charge in [-0.05, 0) is 32.6 Å². The molecule has 142 valence electrons. The smallest absolute Gasteiger partial charge is 0.241 e.